The number of benzene rings is 1. The maximum atomic E-state index is 9.47. The van der Waals surface area contributed by atoms with Crippen LogP contribution in [0, 0.1) is 0 Å². The van der Waals surface area contributed by atoms with Crippen LogP contribution in [-0.4, -0.2) is 40.4 Å². The van der Waals surface area contributed by atoms with E-state index in [2.05, 4.69) is 24.0 Å². The van der Waals surface area contributed by atoms with E-state index in [1.807, 2.05) is 18.2 Å². The fourth-order valence-corrected chi connectivity index (χ4v) is 2.06. The van der Waals surface area contributed by atoms with Crippen LogP contribution in [0.25, 0.3) is 0 Å². The number of likely N-dealkylation sites (tertiary alicyclic amines) is 1. The molecule has 1 aromatic rings. The lowest BCUT2D eigenvalue weighted by Crippen LogP contribution is -2.25. The Morgan fingerprint density at radius 1 is 1.13 bits per heavy atom. The number of rotatable bonds is 2. The lowest BCUT2D eigenvalue weighted by Gasteiger charge is -2.23. The Morgan fingerprint density at radius 2 is 1.67 bits per heavy atom. The van der Waals surface area contributed by atoms with Crippen molar-refractivity contribution in [2.45, 2.75) is 25.2 Å². The molecule has 15 heavy (non-hydrogen) atoms. The molecule has 0 amide bonds. The van der Waals surface area contributed by atoms with Crippen LogP contribution in [0.1, 0.15) is 18.5 Å². The van der Waals surface area contributed by atoms with Gasteiger partial charge >= 0.3 is 0 Å². The molecular formula is C12H17NO2. The topological polar surface area (TPSA) is 43.7 Å². The number of β-amino-alcohol motifs (C(OH)–C–C–N with tert-alkyl or cyclic N) is 2. The van der Waals surface area contributed by atoms with Gasteiger partial charge in [-0.25, -0.2) is 0 Å². The predicted molar refractivity (Wildman–Crippen MR) is 58.4 cm³/mol. The van der Waals surface area contributed by atoms with Crippen molar-refractivity contribution < 1.29 is 10.2 Å². The molecule has 3 atom stereocenters. The van der Waals surface area contributed by atoms with Gasteiger partial charge in [0.1, 0.15) is 0 Å². The summed E-state index contributed by atoms with van der Waals surface area (Å²) in [6, 6.07) is 10.4. The van der Waals surface area contributed by atoms with E-state index >= 15 is 0 Å². The van der Waals surface area contributed by atoms with Gasteiger partial charge in [-0.3, -0.25) is 4.90 Å². The van der Waals surface area contributed by atoms with E-state index in [9.17, 15) is 10.2 Å². The summed E-state index contributed by atoms with van der Waals surface area (Å²) >= 11 is 0. The van der Waals surface area contributed by atoms with E-state index in [4.69, 9.17) is 0 Å². The lowest BCUT2D eigenvalue weighted by molar-refractivity contribution is 0.0572. The van der Waals surface area contributed by atoms with E-state index in [0.29, 0.717) is 13.1 Å². The highest BCUT2D eigenvalue weighted by Gasteiger charge is 2.32. The minimum Gasteiger partial charge on any atom is -0.389 e. The Hall–Kier alpha value is -0.900. The van der Waals surface area contributed by atoms with Gasteiger partial charge in [0, 0.05) is 19.1 Å². The molecule has 3 heteroatoms. The van der Waals surface area contributed by atoms with Gasteiger partial charge in [0.2, 0.25) is 0 Å². The van der Waals surface area contributed by atoms with Gasteiger partial charge in [0.05, 0.1) is 12.2 Å². The van der Waals surface area contributed by atoms with Crippen LogP contribution in [0.4, 0.5) is 0 Å². The first kappa shape index (κ1) is 10.6. The Kier molecular flexibility index (Phi) is 3.05. The highest BCUT2D eigenvalue weighted by atomic mass is 16.3. The van der Waals surface area contributed by atoms with Crippen LogP contribution in [0.5, 0.6) is 0 Å². The molecule has 3 nitrogen and oxygen atoms in total. The third-order valence-corrected chi connectivity index (χ3v) is 3.12. The highest BCUT2D eigenvalue weighted by Crippen LogP contribution is 2.24. The number of hydrogen-bond acceptors (Lipinski definition) is 3. The molecule has 82 valence electrons. The van der Waals surface area contributed by atoms with Crippen molar-refractivity contribution in [1.29, 1.82) is 0 Å². The minimum absolute atomic E-state index is 0.248. The second kappa shape index (κ2) is 4.31. The summed E-state index contributed by atoms with van der Waals surface area (Å²) in [5.74, 6) is 0. The molecule has 0 aliphatic carbocycles. The van der Waals surface area contributed by atoms with Gasteiger partial charge in [-0.2, -0.15) is 0 Å². The molecule has 1 aliphatic rings. The number of aliphatic hydroxyl groups excluding tert-OH is 2. The summed E-state index contributed by atoms with van der Waals surface area (Å²) in [5, 5.41) is 18.9. The normalized spacial score (nSPS) is 29.3. The van der Waals surface area contributed by atoms with Crippen molar-refractivity contribution in [3.63, 3.8) is 0 Å². The van der Waals surface area contributed by atoms with Crippen molar-refractivity contribution >= 4 is 0 Å². The van der Waals surface area contributed by atoms with Gasteiger partial charge in [-0.05, 0) is 12.5 Å². The minimum atomic E-state index is -0.601. The smallest absolute Gasteiger partial charge is 0.0938 e. The zero-order chi connectivity index (χ0) is 10.8. The number of aliphatic hydroxyl groups is 2. The fraction of sp³-hybridized carbons (Fsp3) is 0.500. The molecule has 2 N–H and O–H groups in total. The van der Waals surface area contributed by atoms with Crippen molar-refractivity contribution in [2.24, 2.45) is 0 Å². The molecule has 1 saturated heterocycles. The largest absolute Gasteiger partial charge is 0.389 e. The molecule has 0 radical (unpaired) electrons. The standard InChI is InChI=1S/C12H17NO2/c1-9(10-5-3-2-4-6-10)13-7-11(14)12(15)8-13/h2-6,9,11-12,14-15H,7-8H2,1H3/t9?,11-,12+. The molecule has 0 bridgehead atoms. The Balaban J connectivity index is 2.07. The average Bonchev–Trinajstić information content (AvgIpc) is 2.59. The Labute approximate surface area is 90.0 Å². The van der Waals surface area contributed by atoms with Crippen LogP contribution in [0.3, 0.4) is 0 Å². The number of nitrogens with zero attached hydrogens (tertiary/aromatic N) is 1. The molecular weight excluding hydrogens is 190 g/mol. The van der Waals surface area contributed by atoms with E-state index < -0.39 is 12.2 Å². The van der Waals surface area contributed by atoms with Crippen molar-refractivity contribution in [3.8, 4) is 0 Å². The summed E-state index contributed by atoms with van der Waals surface area (Å²) in [5.41, 5.74) is 1.22. The lowest BCUT2D eigenvalue weighted by atomic mass is 10.1. The average molecular weight is 207 g/mol. The van der Waals surface area contributed by atoms with Gasteiger partial charge in [-0.1, -0.05) is 30.3 Å². The van der Waals surface area contributed by atoms with E-state index in [1.165, 1.54) is 5.56 Å². The molecule has 0 spiro atoms. The van der Waals surface area contributed by atoms with E-state index in [1.54, 1.807) is 0 Å². The monoisotopic (exact) mass is 207 g/mol. The summed E-state index contributed by atoms with van der Waals surface area (Å²) < 4.78 is 0. The predicted octanol–water partition coefficient (Wildman–Crippen LogP) is 0.785. The van der Waals surface area contributed by atoms with E-state index in [0.717, 1.165) is 0 Å². The molecule has 1 aliphatic heterocycles. The summed E-state index contributed by atoms with van der Waals surface area (Å²) in [7, 11) is 0. The fourth-order valence-electron chi connectivity index (χ4n) is 2.06. The van der Waals surface area contributed by atoms with E-state index in [-0.39, 0.29) is 6.04 Å². The van der Waals surface area contributed by atoms with Crippen molar-refractivity contribution in [2.75, 3.05) is 13.1 Å². The van der Waals surface area contributed by atoms with Crippen LogP contribution < -0.4 is 0 Å². The Morgan fingerprint density at radius 3 is 2.20 bits per heavy atom. The first-order chi connectivity index (χ1) is 7.18. The van der Waals surface area contributed by atoms with Crippen molar-refractivity contribution in [3.05, 3.63) is 35.9 Å². The molecule has 1 unspecified atom stereocenters. The van der Waals surface area contributed by atoms with Crippen LogP contribution in [0.2, 0.25) is 0 Å². The first-order valence-electron chi connectivity index (χ1n) is 5.33. The third-order valence-electron chi connectivity index (χ3n) is 3.12. The van der Waals surface area contributed by atoms with Gasteiger partial charge in [-0.15, -0.1) is 0 Å². The van der Waals surface area contributed by atoms with Gasteiger partial charge in [0.25, 0.3) is 0 Å². The van der Waals surface area contributed by atoms with Crippen LogP contribution in [0.15, 0.2) is 30.3 Å². The molecule has 1 heterocycles. The molecule has 1 aromatic carbocycles. The summed E-state index contributed by atoms with van der Waals surface area (Å²) in [6.07, 6.45) is -1.20. The zero-order valence-corrected chi connectivity index (χ0v) is 8.87. The molecule has 1 fully saturated rings. The number of hydrogen-bond donors (Lipinski definition) is 2. The summed E-state index contributed by atoms with van der Waals surface area (Å²) in [4.78, 5) is 2.10. The quantitative estimate of drug-likeness (QED) is 0.753. The second-order valence-electron chi connectivity index (χ2n) is 4.18. The SMILES string of the molecule is CC(c1ccccc1)N1C[C@@H](O)[C@@H](O)C1. The molecule has 0 aromatic heterocycles. The van der Waals surface area contributed by atoms with Gasteiger partial charge in [0.15, 0.2) is 0 Å². The maximum absolute atomic E-state index is 9.47. The van der Waals surface area contributed by atoms with Crippen LogP contribution in [-0.2, 0) is 0 Å². The molecule has 0 saturated carbocycles. The third kappa shape index (κ3) is 2.20. The second-order valence-corrected chi connectivity index (χ2v) is 4.18. The van der Waals surface area contributed by atoms with Gasteiger partial charge < -0.3 is 10.2 Å². The maximum Gasteiger partial charge on any atom is 0.0938 e. The Bertz CT molecular complexity index is 305. The van der Waals surface area contributed by atoms with Crippen LogP contribution >= 0.6 is 0 Å². The zero-order valence-electron chi connectivity index (χ0n) is 8.87. The molecule has 2 rings (SSSR count). The first-order valence-corrected chi connectivity index (χ1v) is 5.33. The summed E-state index contributed by atoms with van der Waals surface area (Å²) in [6.45, 7) is 3.20. The highest BCUT2D eigenvalue weighted by molar-refractivity contribution is 5.18. The van der Waals surface area contributed by atoms with Crippen molar-refractivity contribution in [1.82, 2.24) is 4.90 Å².